The highest BCUT2D eigenvalue weighted by Crippen LogP contribution is 2.06. The van der Waals surface area contributed by atoms with Gasteiger partial charge in [-0.15, -0.1) is 0 Å². The first-order valence-corrected chi connectivity index (χ1v) is 9.76. The van der Waals surface area contributed by atoms with E-state index in [1.54, 1.807) is 0 Å². The monoisotopic (exact) mass is 367 g/mol. The first kappa shape index (κ1) is 26.5. The summed E-state index contributed by atoms with van der Waals surface area (Å²) in [6, 6.07) is 0. The van der Waals surface area contributed by atoms with Crippen LogP contribution in [0.4, 0.5) is 4.79 Å². The molecule has 5 heteroatoms. The maximum absolute atomic E-state index is 11.8. The van der Waals surface area contributed by atoms with Crippen LogP contribution in [0.15, 0.2) is 0 Å². The minimum Gasteiger partial charge on any atom is -0.450 e. The summed E-state index contributed by atoms with van der Waals surface area (Å²) in [7, 11) is 0. The molecule has 2 N–H and O–H groups in total. The predicted molar refractivity (Wildman–Crippen MR) is 107 cm³/mol. The lowest BCUT2D eigenvalue weighted by Gasteiger charge is -2.21. The second-order valence-electron chi connectivity index (χ2n) is 5.73. The van der Waals surface area contributed by atoms with Crippen molar-refractivity contribution in [3.8, 4) is 23.7 Å². The Bertz CT molecular complexity index is 397. The lowest BCUT2D eigenvalue weighted by Crippen LogP contribution is -2.33. The first-order chi connectivity index (χ1) is 12.7. The number of rotatable bonds is 11. The first-order valence-electron chi connectivity index (χ1n) is 9.76. The molecule has 0 aliphatic carbocycles. The van der Waals surface area contributed by atoms with Crippen molar-refractivity contribution >= 4 is 6.09 Å². The number of aliphatic hydroxyl groups excluding tert-OH is 2. The third kappa shape index (κ3) is 20.4. The van der Waals surface area contributed by atoms with E-state index in [-0.39, 0.29) is 19.3 Å². The van der Waals surface area contributed by atoms with E-state index in [2.05, 4.69) is 37.5 Å². The lowest BCUT2D eigenvalue weighted by molar-refractivity contribution is 0.105. The number of ether oxygens (including phenoxy) is 1. The molecule has 1 amide bonds. The normalized spacial score (nSPS) is 8.96. The summed E-state index contributed by atoms with van der Waals surface area (Å²) in [4.78, 5) is 13.7. The highest BCUT2D eigenvalue weighted by Gasteiger charge is 2.13. The van der Waals surface area contributed by atoms with Crippen molar-refractivity contribution in [2.75, 3.05) is 32.9 Å². The molecule has 0 aromatic rings. The van der Waals surface area contributed by atoms with Gasteiger partial charge < -0.3 is 19.8 Å². The van der Waals surface area contributed by atoms with E-state index in [0.29, 0.717) is 6.61 Å². The maximum atomic E-state index is 11.8. The molecule has 0 saturated heterocycles. The van der Waals surface area contributed by atoms with Crippen LogP contribution in [0.5, 0.6) is 0 Å². The second kappa shape index (κ2) is 23.3. The van der Waals surface area contributed by atoms with Crippen LogP contribution >= 0.6 is 0 Å². The molecule has 150 valence electrons. The number of nitrogens with zero attached hydrogens (tertiary/aromatic N) is 1. The predicted octanol–water partition coefficient (Wildman–Crippen LogP) is 3.58. The molecule has 26 heavy (non-hydrogen) atoms. The summed E-state index contributed by atoms with van der Waals surface area (Å²) >= 11 is 0. The smallest absolute Gasteiger partial charge is 0.409 e. The Labute approximate surface area is 160 Å². The van der Waals surface area contributed by atoms with Crippen molar-refractivity contribution in [1.29, 1.82) is 0 Å². The highest BCUT2D eigenvalue weighted by atomic mass is 16.6. The van der Waals surface area contributed by atoms with Gasteiger partial charge in [-0.2, -0.15) is 0 Å². The van der Waals surface area contributed by atoms with E-state index in [1.165, 1.54) is 38.5 Å². The fraction of sp³-hybridized carbons (Fsp3) is 0.762. The quantitative estimate of drug-likeness (QED) is 0.432. The van der Waals surface area contributed by atoms with E-state index in [1.807, 2.05) is 11.8 Å². The second-order valence-corrected chi connectivity index (χ2v) is 5.73. The van der Waals surface area contributed by atoms with Gasteiger partial charge >= 0.3 is 6.09 Å². The van der Waals surface area contributed by atoms with Crippen LogP contribution in [-0.2, 0) is 4.74 Å². The molecule has 0 atom stereocenters. The number of amides is 1. The van der Waals surface area contributed by atoms with Gasteiger partial charge in [-0.05, 0) is 31.6 Å². The fourth-order valence-electron chi connectivity index (χ4n) is 2.14. The van der Waals surface area contributed by atoms with Crippen molar-refractivity contribution in [1.82, 2.24) is 4.90 Å². The van der Waals surface area contributed by atoms with Gasteiger partial charge in [0.05, 0.1) is 6.61 Å². The largest absolute Gasteiger partial charge is 0.450 e. The third-order valence-electron chi connectivity index (χ3n) is 3.49. The Balaban J connectivity index is 0. The molecule has 0 unspecified atom stereocenters. The number of carbonyl (C=O) groups is 1. The van der Waals surface area contributed by atoms with Gasteiger partial charge in [-0.25, -0.2) is 4.79 Å². The SMILES string of the molecule is CCCCCCN(CCCCCC)C(=O)OCC.OCC#CC#CCO. The molecular formula is C21H37NO4. The van der Waals surface area contributed by atoms with Crippen LogP contribution in [-0.4, -0.2) is 54.1 Å². The summed E-state index contributed by atoms with van der Waals surface area (Å²) in [5, 5.41) is 16.1. The van der Waals surface area contributed by atoms with E-state index in [4.69, 9.17) is 14.9 Å². The van der Waals surface area contributed by atoms with E-state index >= 15 is 0 Å². The average molecular weight is 368 g/mol. The Hall–Kier alpha value is -1.69. The molecule has 0 rings (SSSR count). The van der Waals surface area contributed by atoms with Crippen molar-refractivity contribution in [2.45, 2.75) is 72.1 Å². The van der Waals surface area contributed by atoms with Crippen molar-refractivity contribution in [3.63, 3.8) is 0 Å². The van der Waals surface area contributed by atoms with Crippen LogP contribution in [0.25, 0.3) is 0 Å². The molecule has 0 aromatic carbocycles. The fourth-order valence-corrected chi connectivity index (χ4v) is 2.14. The van der Waals surface area contributed by atoms with Crippen LogP contribution in [0.3, 0.4) is 0 Å². The summed E-state index contributed by atoms with van der Waals surface area (Å²) in [5.41, 5.74) is 0. The molecule has 0 fully saturated rings. The summed E-state index contributed by atoms with van der Waals surface area (Å²) in [6.07, 6.45) is 9.46. The van der Waals surface area contributed by atoms with E-state index in [9.17, 15) is 4.79 Å². The number of aliphatic hydroxyl groups is 2. The minimum absolute atomic E-state index is 0.134. The van der Waals surface area contributed by atoms with E-state index in [0.717, 1.165) is 25.9 Å². The molecule has 0 aliphatic rings. The maximum Gasteiger partial charge on any atom is 0.409 e. The van der Waals surface area contributed by atoms with Gasteiger partial charge in [0.15, 0.2) is 0 Å². The van der Waals surface area contributed by atoms with Crippen LogP contribution < -0.4 is 0 Å². The minimum atomic E-state index is -0.180. The van der Waals surface area contributed by atoms with Gasteiger partial charge in [-0.1, -0.05) is 64.2 Å². The Kier molecular flexibility index (Phi) is 23.8. The van der Waals surface area contributed by atoms with Gasteiger partial charge in [0, 0.05) is 13.1 Å². The Morgan fingerprint density at radius 2 is 1.27 bits per heavy atom. The number of carbonyl (C=O) groups excluding carboxylic acids is 1. The summed E-state index contributed by atoms with van der Waals surface area (Å²) in [6.45, 7) is 8.08. The molecule has 5 nitrogen and oxygen atoms in total. The zero-order chi connectivity index (χ0) is 19.9. The number of hydrogen-bond donors (Lipinski definition) is 2. The average Bonchev–Trinajstić information content (AvgIpc) is 2.65. The van der Waals surface area contributed by atoms with Crippen LogP contribution in [0, 0.1) is 23.7 Å². The Morgan fingerprint density at radius 1 is 0.808 bits per heavy atom. The number of hydrogen-bond acceptors (Lipinski definition) is 4. The summed E-state index contributed by atoms with van der Waals surface area (Å²) in [5.74, 6) is 9.24. The summed E-state index contributed by atoms with van der Waals surface area (Å²) < 4.78 is 5.11. The molecule has 0 aliphatic heterocycles. The van der Waals surface area contributed by atoms with Gasteiger partial charge in [0.25, 0.3) is 0 Å². The molecular weight excluding hydrogens is 330 g/mol. The molecule has 0 spiro atoms. The zero-order valence-electron chi connectivity index (χ0n) is 16.9. The van der Waals surface area contributed by atoms with Gasteiger partial charge in [0.1, 0.15) is 13.2 Å². The molecule has 0 heterocycles. The topological polar surface area (TPSA) is 70.0 Å². The van der Waals surface area contributed by atoms with Crippen molar-refractivity contribution in [3.05, 3.63) is 0 Å². The van der Waals surface area contributed by atoms with Gasteiger partial charge in [-0.3, -0.25) is 0 Å². The third-order valence-corrected chi connectivity index (χ3v) is 3.49. The molecule has 0 saturated carbocycles. The number of unbranched alkanes of at least 4 members (excludes halogenated alkanes) is 6. The zero-order valence-corrected chi connectivity index (χ0v) is 16.9. The van der Waals surface area contributed by atoms with Crippen LogP contribution in [0.2, 0.25) is 0 Å². The van der Waals surface area contributed by atoms with Crippen molar-refractivity contribution < 1.29 is 19.7 Å². The molecule has 0 aromatic heterocycles. The molecule has 0 radical (unpaired) electrons. The van der Waals surface area contributed by atoms with Crippen molar-refractivity contribution in [2.24, 2.45) is 0 Å². The molecule has 0 bridgehead atoms. The standard InChI is InChI=1S/C15H31NO2.C6H6O2/c1-4-7-9-11-13-16(15(17)18-6-3)14-12-10-8-5-2;7-5-3-1-2-4-6-8/h4-14H2,1-3H3;7-8H,5-6H2. The highest BCUT2D eigenvalue weighted by molar-refractivity contribution is 5.67. The lowest BCUT2D eigenvalue weighted by atomic mass is 10.2. The van der Waals surface area contributed by atoms with Gasteiger partial charge in [0.2, 0.25) is 0 Å². The van der Waals surface area contributed by atoms with Crippen LogP contribution in [0.1, 0.15) is 72.1 Å². The van der Waals surface area contributed by atoms with E-state index < -0.39 is 0 Å². The Morgan fingerprint density at radius 3 is 1.62 bits per heavy atom.